The number of aryl methyl sites for hydroxylation is 1. The first-order valence-corrected chi connectivity index (χ1v) is 8.81. The molecule has 1 aromatic carbocycles. The van der Waals surface area contributed by atoms with Crippen molar-refractivity contribution in [3.05, 3.63) is 59.3 Å². The lowest BCUT2D eigenvalue weighted by Gasteiger charge is -2.28. The van der Waals surface area contributed by atoms with E-state index in [2.05, 4.69) is 59.1 Å². The number of nitrogen functional groups attached to an aromatic ring is 1. The molecule has 3 heterocycles. The number of hydrogen-bond donors (Lipinski definition) is 1. The molecule has 0 amide bonds. The Bertz CT molecular complexity index is 739. The second-order valence-corrected chi connectivity index (χ2v) is 7.41. The molecule has 3 atom stereocenters. The quantitative estimate of drug-likeness (QED) is 0.864. The number of rotatable bonds is 3. The largest absolute Gasteiger partial charge is 0.383 e. The van der Waals surface area contributed by atoms with Gasteiger partial charge < -0.3 is 5.73 Å². The van der Waals surface area contributed by atoms with Gasteiger partial charge in [-0.2, -0.15) is 0 Å². The summed E-state index contributed by atoms with van der Waals surface area (Å²) >= 11 is 0. The van der Waals surface area contributed by atoms with E-state index in [1.807, 2.05) is 6.07 Å². The molecular formula is C20H28Cl2N4. The number of anilines is 1. The Morgan fingerprint density at radius 3 is 2.58 bits per heavy atom. The summed E-state index contributed by atoms with van der Waals surface area (Å²) in [6, 6.07) is 13.5. The summed E-state index contributed by atoms with van der Waals surface area (Å²) in [5.74, 6) is 2.12. The number of likely N-dealkylation sites (tertiary alicyclic amines) is 2. The predicted molar refractivity (Wildman–Crippen MR) is 112 cm³/mol. The van der Waals surface area contributed by atoms with Gasteiger partial charge in [-0.15, -0.1) is 24.8 Å². The third kappa shape index (κ3) is 3.84. The summed E-state index contributed by atoms with van der Waals surface area (Å²) in [5, 5.41) is 0. The molecule has 1 aromatic heterocycles. The molecule has 2 N–H and O–H groups in total. The van der Waals surface area contributed by atoms with Gasteiger partial charge in [0, 0.05) is 44.0 Å². The maximum absolute atomic E-state index is 6.03. The SMILES string of the molecule is Cc1ccccc1[C@@H]1[C@@H]2CN(Cc3cccnc3N)C[C@@H]2CN1C.Cl.Cl. The molecule has 0 bridgehead atoms. The van der Waals surface area contributed by atoms with Gasteiger partial charge in [-0.3, -0.25) is 9.80 Å². The number of fused-ring (bicyclic) bond motifs is 1. The molecule has 2 fully saturated rings. The van der Waals surface area contributed by atoms with E-state index >= 15 is 0 Å². The zero-order valence-corrected chi connectivity index (χ0v) is 17.0. The van der Waals surface area contributed by atoms with Gasteiger partial charge in [0.05, 0.1) is 0 Å². The van der Waals surface area contributed by atoms with E-state index in [-0.39, 0.29) is 24.8 Å². The molecule has 4 rings (SSSR count). The summed E-state index contributed by atoms with van der Waals surface area (Å²) in [5.41, 5.74) is 10.1. The van der Waals surface area contributed by atoms with Crippen molar-refractivity contribution >= 4 is 30.6 Å². The Balaban J connectivity index is 0.00000121. The van der Waals surface area contributed by atoms with Crippen LogP contribution in [0.4, 0.5) is 5.82 Å². The number of aromatic nitrogens is 1. The van der Waals surface area contributed by atoms with E-state index in [1.54, 1.807) is 6.20 Å². The molecule has 2 aromatic rings. The number of halogens is 2. The van der Waals surface area contributed by atoms with Crippen molar-refractivity contribution in [2.24, 2.45) is 11.8 Å². The molecular weight excluding hydrogens is 367 g/mol. The van der Waals surface area contributed by atoms with Crippen molar-refractivity contribution in [3.8, 4) is 0 Å². The van der Waals surface area contributed by atoms with E-state index in [9.17, 15) is 0 Å². The van der Waals surface area contributed by atoms with Gasteiger partial charge in [0.1, 0.15) is 5.82 Å². The molecule has 2 aliphatic heterocycles. The van der Waals surface area contributed by atoms with Gasteiger partial charge in [-0.1, -0.05) is 30.3 Å². The highest BCUT2D eigenvalue weighted by Gasteiger charge is 2.46. The summed E-state index contributed by atoms with van der Waals surface area (Å²) < 4.78 is 0. The fourth-order valence-electron chi connectivity index (χ4n) is 4.69. The van der Waals surface area contributed by atoms with Crippen LogP contribution in [-0.4, -0.2) is 41.5 Å². The fourth-order valence-corrected chi connectivity index (χ4v) is 4.69. The van der Waals surface area contributed by atoms with Gasteiger partial charge in [0.25, 0.3) is 0 Å². The highest BCUT2D eigenvalue weighted by molar-refractivity contribution is 5.85. The van der Waals surface area contributed by atoms with Crippen LogP contribution < -0.4 is 5.73 Å². The van der Waals surface area contributed by atoms with Gasteiger partial charge >= 0.3 is 0 Å². The summed E-state index contributed by atoms with van der Waals surface area (Å²) in [4.78, 5) is 9.33. The van der Waals surface area contributed by atoms with Crippen LogP contribution in [0.2, 0.25) is 0 Å². The van der Waals surface area contributed by atoms with Crippen LogP contribution in [0.15, 0.2) is 42.6 Å². The van der Waals surface area contributed by atoms with Crippen LogP contribution in [0.1, 0.15) is 22.7 Å². The first kappa shape index (κ1) is 21.0. The van der Waals surface area contributed by atoms with E-state index in [0.29, 0.717) is 17.8 Å². The van der Waals surface area contributed by atoms with Crippen LogP contribution in [0.25, 0.3) is 0 Å². The summed E-state index contributed by atoms with van der Waals surface area (Å²) in [7, 11) is 2.28. The number of nitrogens with two attached hydrogens (primary N) is 1. The van der Waals surface area contributed by atoms with E-state index in [0.717, 1.165) is 31.1 Å². The van der Waals surface area contributed by atoms with Gasteiger partial charge in [0.2, 0.25) is 0 Å². The molecule has 4 nitrogen and oxygen atoms in total. The maximum Gasteiger partial charge on any atom is 0.127 e. The third-order valence-corrected chi connectivity index (χ3v) is 5.80. The fraction of sp³-hybridized carbons (Fsp3) is 0.450. The number of hydrogen-bond acceptors (Lipinski definition) is 4. The van der Waals surface area contributed by atoms with Gasteiger partial charge in [-0.05, 0) is 43.0 Å². The minimum absolute atomic E-state index is 0. The van der Waals surface area contributed by atoms with Crippen molar-refractivity contribution in [3.63, 3.8) is 0 Å². The van der Waals surface area contributed by atoms with E-state index < -0.39 is 0 Å². The highest BCUT2D eigenvalue weighted by Crippen LogP contribution is 2.45. The Hall–Kier alpha value is -1.33. The Morgan fingerprint density at radius 1 is 1.08 bits per heavy atom. The second-order valence-electron chi connectivity index (χ2n) is 7.41. The Morgan fingerprint density at radius 2 is 1.85 bits per heavy atom. The van der Waals surface area contributed by atoms with Crippen LogP contribution >= 0.6 is 24.8 Å². The van der Waals surface area contributed by atoms with Crippen LogP contribution in [0, 0.1) is 18.8 Å². The summed E-state index contributed by atoms with van der Waals surface area (Å²) in [6.45, 7) is 6.63. The van der Waals surface area contributed by atoms with Crippen molar-refractivity contribution in [2.75, 3.05) is 32.4 Å². The molecule has 2 aliphatic rings. The minimum atomic E-state index is 0. The van der Waals surface area contributed by atoms with E-state index in [1.165, 1.54) is 17.7 Å². The molecule has 0 spiro atoms. The lowest BCUT2D eigenvalue weighted by Crippen LogP contribution is -2.29. The number of pyridine rings is 1. The lowest BCUT2D eigenvalue weighted by molar-refractivity contribution is 0.224. The monoisotopic (exact) mass is 394 g/mol. The molecule has 142 valence electrons. The first-order chi connectivity index (χ1) is 11.6. The van der Waals surface area contributed by atoms with Gasteiger partial charge in [-0.25, -0.2) is 4.98 Å². The van der Waals surface area contributed by atoms with E-state index in [4.69, 9.17) is 5.73 Å². The smallest absolute Gasteiger partial charge is 0.127 e. The molecule has 2 saturated heterocycles. The molecule has 0 aliphatic carbocycles. The zero-order valence-electron chi connectivity index (χ0n) is 15.3. The number of nitrogens with zero attached hydrogens (tertiary/aromatic N) is 3. The second kappa shape index (κ2) is 8.57. The first-order valence-electron chi connectivity index (χ1n) is 8.81. The third-order valence-electron chi connectivity index (χ3n) is 5.80. The average molecular weight is 395 g/mol. The average Bonchev–Trinajstić information content (AvgIpc) is 3.06. The Kier molecular flexibility index (Phi) is 6.92. The zero-order chi connectivity index (χ0) is 16.7. The predicted octanol–water partition coefficient (Wildman–Crippen LogP) is 3.55. The lowest BCUT2D eigenvalue weighted by atomic mass is 9.88. The molecule has 0 saturated carbocycles. The van der Waals surface area contributed by atoms with Crippen molar-refractivity contribution in [1.29, 1.82) is 0 Å². The van der Waals surface area contributed by atoms with Gasteiger partial charge in [0.15, 0.2) is 0 Å². The molecule has 6 heteroatoms. The van der Waals surface area contributed by atoms with Crippen molar-refractivity contribution < 1.29 is 0 Å². The highest BCUT2D eigenvalue weighted by atomic mass is 35.5. The molecule has 0 radical (unpaired) electrons. The minimum Gasteiger partial charge on any atom is -0.383 e. The Labute approximate surface area is 168 Å². The van der Waals surface area contributed by atoms with Crippen LogP contribution in [-0.2, 0) is 6.54 Å². The van der Waals surface area contributed by atoms with Crippen molar-refractivity contribution in [1.82, 2.24) is 14.8 Å². The normalized spacial score (nSPS) is 25.4. The van der Waals surface area contributed by atoms with Crippen LogP contribution in [0.3, 0.4) is 0 Å². The molecule has 26 heavy (non-hydrogen) atoms. The topological polar surface area (TPSA) is 45.4 Å². The van der Waals surface area contributed by atoms with Crippen molar-refractivity contribution in [2.45, 2.75) is 19.5 Å². The summed E-state index contributed by atoms with van der Waals surface area (Å²) in [6.07, 6.45) is 1.76. The molecule has 0 unspecified atom stereocenters. The standard InChI is InChI=1S/C20H26N4.2ClH/c1-14-6-3-4-8-17(14)19-18-13-24(12-16(18)10-23(19)2)11-15-7-5-9-22-20(15)21;;/h3-9,16,18-19H,10-13H2,1-2H3,(H2,21,22);2*1H/t16-,18+,19+;;/m0../s1. The maximum atomic E-state index is 6.03. The number of benzene rings is 1. The van der Waals surface area contributed by atoms with Crippen LogP contribution in [0.5, 0.6) is 0 Å².